The SMILES string of the molecule is CCCCC(CC)C(=O)N(Cc1ccc([N+](=O)[O-])cc1)Cc1ccco1. The summed E-state index contributed by atoms with van der Waals surface area (Å²) in [4.78, 5) is 25.2. The summed E-state index contributed by atoms with van der Waals surface area (Å²) in [5.41, 5.74) is 0.910. The molecule has 0 aliphatic heterocycles. The first-order chi connectivity index (χ1) is 12.5. The summed E-state index contributed by atoms with van der Waals surface area (Å²) in [5.74, 6) is 0.823. The number of carbonyl (C=O) groups is 1. The minimum Gasteiger partial charge on any atom is -0.467 e. The Labute approximate surface area is 154 Å². The predicted molar refractivity (Wildman–Crippen MR) is 99.4 cm³/mol. The fraction of sp³-hybridized carbons (Fsp3) is 0.450. The van der Waals surface area contributed by atoms with E-state index in [0.29, 0.717) is 13.1 Å². The lowest BCUT2D eigenvalue weighted by atomic mass is 9.97. The molecule has 140 valence electrons. The Morgan fingerprint density at radius 1 is 1.19 bits per heavy atom. The minimum absolute atomic E-state index is 0.0111. The van der Waals surface area contributed by atoms with Gasteiger partial charge in [0.1, 0.15) is 5.76 Å². The maximum atomic E-state index is 13.1. The Kier molecular flexibility index (Phi) is 7.38. The second-order valence-corrected chi connectivity index (χ2v) is 6.44. The van der Waals surface area contributed by atoms with Crippen LogP contribution in [0.4, 0.5) is 5.69 Å². The van der Waals surface area contributed by atoms with Crippen LogP contribution in [0.1, 0.15) is 50.9 Å². The molecule has 1 aromatic carbocycles. The van der Waals surface area contributed by atoms with E-state index in [1.54, 1.807) is 29.4 Å². The van der Waals surface area contributed by atoms with Gasteiger partial charge in [0.15, 0.2) is 0 Å². The van der Waals surface area contributed by atoms with Crippen LogP contribution >= 0.6 is 0 Å². The van der Waals surface area contributed by atoms with Gasteiger partial charge in [0.25, 0.3) is 5.69 Å². The molecule has 0 radical (unpaired) electrons. The molecule has 1 heterocycles. The van der Waals surface area contributed by atoms with Crippen molar-refractivity contribution in [3.63, 3.8) is 0 Å². The normalized spacial score (nSPS) is 11.9. The summed E-state index contributed by atoms with van der Waals surface area (Å²) in [6.45, 7) is 4.95. The average molecular weight is 358 g/mol. The molecule has 0 aliphatic rings. The molecule has 0 saturated carbocycles. The smallest absolute Gasteiger partial charge is 0.269 e. The van der Waals surface area contributed by atoms with Gasteiger partial charge in [-0.25, -0.2) is 0 Å². The third-order valence-corrected chi connectivity index (χ3v) is 4.51. The maximum absolute atomic E-state index is 13.1. The minimum atomic E-state index is -0.423. The number of rotatable bonds is 10. The topological polar surface area (TPSA) is 76.6 Å². The van der Waals surface area contributed by atoms with E-state index in [1.807, 2.05) is 13.0 Å². The molecule has 0 N–H and O–H groups in total. The van der Waals surface area contributed by atoms with E-state index in [0.717, 1.165) is 37.0 Å². The lowest BCUT2D eigenvalue weighted by Crippen LogP contribution is -2.35. The van der Waals surface area contributed by atoms with Crippen molar-refractivity contribution < 1.29 is 14.1 Å². The molecule has 2 aromatic rings. The first-order valence-electron chi connectivity index (χ1n) is 9.09. The summed E-state index contributed by atoms with van der Waals surface area (Å²) in [6, 6.07) is 10.0. The third-order valence-electron chi connectivity index (χ3n) is 4.51. The van der Waals surface area contributed by atoms with Gasteiger partial charge in [0.2, 0.25) is 5.91 Å². The van der Waals surface area contributed by atoms with Crippen molar-refractivity contribution in [3.05, 3.63) is 64.1 Å². The number of furan rings is 1. The second kappa shape index (κ2) is 9.75. The van der Waals surface area contributed by atoms with E-state index in [9.17, 15) is 14.9 Å². The lowest BCUT2D eigenvalue weighted by Gasteiger charge is -2.26. The van der Waals surface area contributed by atoms with Crippen molar-refractivity contribution in [2.24, 2.45) is 5.92 Å². The zero-order valence-corrected chi connectivity index (χ0v) is 15.4. The monoisotopic (exact) mass is 358 g/mol. The molecular formula is C20H26N2O4. The largest absolute Gasteiger partial charge is 0.467 e. The van der Waals surface area contributed by atoms with Gasteiger partial charge in [-0.15, -0.1) is 0 Å². The maximum Gasteiger partial charge on any atom is 0.269 e. The highest BCUT2D eigenvalue weighted by molar-refractivity contribution is 5.78. The van der Waals surface area contributed by atoms with Crippen molar-refractivity contribution in [2.45, 2.75) is 52.6 Å². The van der Waals surface area contributed by atoms with E-state index in [1.165, 1.54) is 12.1 Å². The molecule has 0 aliphatic carbocycles. The average Bonchev–Trinajstić information content (AvgIpc) is 3.15. The van der Waals surface area contributed by atoms with E-state index >= 15 is 0 Å². The molecule has 1 unspecified atom stereocenters. The molecular weight excluding hydrogens is 332 g/mol. The van der Waals surface area contributed by atoms with Gasteiger partial charge < -0.3 is 9.32 Å². The van der Waals surface area contributed by atoms with E-state index < -0.39 is 4.92 Å². The molecule has 2 rings (SSSR count). The predicted octanol–water partition coefficient (Wildman–Crippen LogP) is 4.93. The Bertz CT molecular complexity index is 695. The van der Waals surface area contributed by atoms with Crippen LogP contribution in [0, 0.1) is 16.0 Å². The summed E-state index contributed by atoms with van der Waals surface area (Å²) in [6.07, 6.45) is 5.35. The van der Waals surface area contributed by atoms with Gasteiger partial charge >= 0.3 is 0 Å². The van der Waals surface area contributed by atoms with Gasteiger partial charge in [0, 0.05) is 24.6 Å². The number of amides is 1. The summed E-state index contributed by atoms with van der Waals surface area (Å²) in [5, 5.41) is 10.8. The molecule has 1 atom stereocenters. The number of hydrogen-bond acceptors (Lipinski definition) is 4. The van der Waals surface area contributed by atoms with Crippen molar-refractivity contribution in [2.75, 3.05) is 0 Å². The van der Waals surface area contributed by atoms with Crippen LogP contribution in [-0.2, 0) is 17.9 Å². The molecule has 1 amide bonds. The molecule has 26 heavy (non-hydrogen) atoms. The van der Waals surface area contributed by atoms with Gasteiger partial charge in [-0.3, -0.25) is 14.9 Å². The molecule has 0 spiro atoms. The van der Waals surface area contributed by atoms with Gasteiger partial charge in [-0.05, 0) is 30.5 Å². The van der Waals surface area contributed by atoms with Crippen LogP contribution in [0.25, 0.3) is 0 Å². The number of nitro benzene ring substituents is 1. The number of benzene rings is 1. The van der Waals surface area contributed by atoms with Gasteiger partial charge in [-0.2, -0.15) is 0 Å². The quantitative estimate of drug-likeness (QED) is 0.445. The van der Waals surface area contributed by atoms with Crippen LogP contribution < -0.4 is 0 Å². The molecule has 0 saturated heterocycles. The molecule has 0 bridgehead atoms. The van der Waals surface area contributed by atoms with Crippen LogP contribution in [0.2, 0.25) is 0 Å². The van der Waals surface area contributed by atoms with Crippen molar-refractivity contribution >= 4 is 11.6 Å². The highest BCUT2D eigenvalue weighted by Gasteiger charge is 2.23. The zero-order valence-electron chi connectivity index (χ0n) is 15.4. The van der Waals surface area contributed by atoms with Crippen molar-refractivity contribution in [1.82, 2.24) is 4.90 Å². The molecule has 6 heteroatoms. The fourth-order valence-electron chi connectivity index (χ4n) is 2.96. The first-order valence-corrected chi connectivity index (χ1v) is 9.09. The van der Waals surface area contributed by atoms with Crippen molar-refractivity contribution in [3.8, 4) is 0 Å². The van der Waals surface area contributed by atoms with Crippen LogP contribution in [0.5, 0.6) is 0 Å². The van der Waals surface area contributed by atoms with E-state index in [-0.39, 0.29) is 17.5 Å². The van der Waals surface area contributed by atoms with Crippen LogP contribution in [-0.4, -0.2) is 15.7 Å². The lowest BCUT2D eigenvalue weighted by molar-refractivity contribution is -0.384. The number of nitro groups is 1. The standard InChI is InChI=1S/C20H26N2O4/c1-3-5-7-17(4-2)20(23)21(15-19-8-6-13-26-19)14-16-9-11-18(12-10-16)22(24)25/h6,8-13,17H,3-5,7,14-15H2,1-2H3. The molecule has 6 nitrogen and oxygen atoms in total. The fourth-order valence-corrected chi connectivity index (χ4v) is 2.96. The molecule has 0 fully saturated rings. The highest BCUT2D eigenvalue weighted by Crippen LogP contribution is 2.21. The highest BCUT2D eigenvalue weighted by atomic mass is 16.6. The number of nitrogens with zero attached hydrogens (tertiary/aromatic N) is 2. The zero-order chi connectivity index (χ0) is 18.9. The summed E-state index contributed by atoms with van der Waals surface area (Å²) >= 11 is 0. The van der Waals surface area contributed by atoms with Crippen molar-refractivity contribution in [1.29, 1.82) is 0 Å². The Balaban J connectivity index is 2.16. The third kappa shape index (κ3) is 5.44. The number of carbonyl (C=O) groups excluding carboxylic acids is 1. The second-order valence-electron chi connectivity index (χ2n) is 6.44. The van der Waals surface area contributed by atoms with Gasteiger partial charge in [-0.1, -0.05) is 38.8 Å². The first kappa shape index (κ1) is 19.7. The summed E-state index contributed by atoms with van der Waals surface area (Å²) in [7, 11) is 0. The Morgan fingerprint density at radius 2 is 1.92 bits per heavy atom. The van der Waals surface area contributed by atoms with E-state index in [4.69, 9.17) is 4.42 Å². The number of hydrogen-bond donors (Lipinski definition) is 0. The van der Waals surface area contributed by atoms with Crippen LogP contribution in [0.15, 0.2) is 47.1 Å². The van der Waals surface area contributed by atoms with Gasteiger partial charge in [0.05, 0.1) is 17.7 Å². The number of non-ortho nitro benzene ring substituents is 1. The Morgan fingerprint density at radius 3 is 2.46 bits per heavy atom. The van der Waals surface area contributed by atoms with Crippen LogP contribution in [0.3, 0.4) is 0 Å². The number of unbranched alkanes of at least 4 members (excludes halogenated alkanes) is 1. The summed E-state index contributed by atoms with van der Waals surface area (Å²) < 4.78 is 5.41. The van der Waals surface area contributed by atoms with E-state index in [2.05, 4.69) is 6.92 Å². The molecule has 1 aromatic heterocycles. The Hall–Kier alpha value is -2.63.